The summed E-state index contributed by atoms with van der Waals surface area (Å²) in [5.74, 6) is 0.636. The van der Waals surface area contributed by atoms with Crippen LogP contribution in [-0.4, -0.2) is 54.0 Å². The van der Waals surface area contributed by atoms with E-state index in [-0.39, 0.29) is 0 Å². The van der Waals surface area contributed by atoms with Gasteiger partial charge in [-0.2, -0.15) is 0 Å². The third-order valence-electron chi connectivity index (χ3n) is 2.84. The van der Waals surface area contributed by atoms with Crippen LogP contribution in [-0.2, 0) is 0 Å². The highest BCUT2D eigenvalue weighted by molar-refractivity contribution is 5.00. The second-order valence-corrected chi connectivity index (χ2v) is 3.74. The van der Waals surface area contributed by atoms with E-state index in [9.17, 15) is 10.1 Å². The Bertz CT molecular complexity index is 264. The lowest BCUT2D eigenvalue weighted by molar-refractivity contribution is -0.404. The fourth-order valence-electron chi connectivity index (χ4n) is 1.81. The van der Waals surface area contributed by atoms with Crippen LogP contribution >= 0.6 is 0 Å². The third kappa shape index (κ3) is 3.69. The van der Waals surface area contributed by atoms with Gasteiger partial charge in [0.25, 0.3) is 6.20 Å². The van der Waals surface area contributed by atoms with E-state index in [0.717, 1.165) is 45.5 Å². The minimum absolute atomic E-state index is 0.405. The predicted molar refractivity (Wildman–Crippen MR) is 62.4 cm³/mol. The molecule has 0 aromatic heterocycles. The first kappa shape index (κ1) is 12.8. The van der Waals surface area contributed by atoms with Gasteiger partial charge in [-0.3, -0.25) is 10.1 Å². The summed E-state index contributed by atoms with van der Waals surface area (Å²) in [6, 6.07) is 0. The van der Waals surface area contributed by atoms with Gasteiger partial charge < -0.3 is 15.1 Å². The predicted octanol–water partition coefficient (Wildman–Crippen LogP) is 0.309. The van der Waals surface area contributed by atoms with Crippen LogP contribution in [0.5, 0.6) is 0 Å². The minimum atomic E-state index is -0.405. The largest absolute Gasteiger partial charge is 0.365 e. The number of hydrogen-bond donors (Lipinski definition) is 1. The fourth-order valence-corrected chi connectivity index (χ4v) is 1.81. The van der Waals surface area contributed by atoms with E-state index in [1.165, 1.54) is 0 Å². The van der Waals surface area contributed by atoms with Gasteiger partial charge in [0.15, 0.2) is 5.82 Å². The maximum atomic E-state index is 10.4. The van der Waals surface area contributed by atoms with Gasteiger partial charge in [0, 0.05) is 26.2 Å². The van der Waals surface area contributed by atoms with Crippen LogP contribution in [0.15, 0.2) is 12.0 Å². The smallest absolute Gasteiger partial charge is 0.274 e. The van der Waals surface area contributed by atoms with Crippen molar-refractivity contribution in [3.63, 3.8) is 0 Å². The van der Waals surface area contributed by atoms with E-state index >= 15 is 0 Å². The molecule has 1 fully saturated rings. The molecule has 0 unspecified atom stereocenters. The minimum Gasteiger partial charge on any atom is -0.365 e. The number of nitrogens with one attached hydrogen (secondary N) is 1. The molecule has 0 aromatic rings. The molecule has 0 amide bonds. The van der Waals surface area contributed by atoms with E-state index in [1.54, 1.807) is 0 Å². The Morgan fingerprint density at radius 1 is 1.56 bits per heavy atom. The Kier molecular flexibility index (Phi) is 5.04. The lowest BCUT2D eigenvalue weighted by Gasteiger charge is -2.23. The summed E-state index contributed by atoms with van der Waals surface area (Å²) in [5.41, 5.74) is 0. The maximum Gasteiger partial charge on any atom is 0.274 e. The van der Waals surface area contributed by atoms with E-state index < -0.39 is 4.92 Å². The Hall–Kier alpha value is -1.30. The normalized spacial score (nSPS) is 18.2. The molecule has 1 saturated heterocycles. The Morgan fingerprint density at radius 2 is 2.25 bits per heavy atom. The van der Waals surface area contributed by atoms with E-state index in [1.807, 2.05) is 4.90 Å². The number of nitrogens with zero attached hydrogens (tertiary/aromatic N) is 3. The number of nitro groups is 1. The summed E-state index contributed by atoms with van der Waals surface area (Å²) in [7, 11) is 0. The van der Waals surface area contributed by atoms with Crippen molar-refractivity contribution in [3.8, 4) is 0 Å². The molecular formula is C10H20N4O2. The molecule has 1 heterocycles. The number of likely N-dealkylation sites (N-methyl/N-ethyl adjacent to an activating group) is 1. The summed E-state index contributed by atoms with van der Waals surface area (Å²) in [5, 5.41) is 13.4. The summed E-state index contributed by atoms with van der Waals surface area (Å²) in [6.45, 7) is 9.72. The molecule has 0 spiro atoms. The van der Waals surface area contributed by atoms with Gasteiger partial charge in [0.2, 0.25) is 0 Å². The molecule has 0 aliphatic carbocycles. The molecule has 16 heavy (non-hydrogen) atoms. The van der Waals surface area contributed by atoms with Crippen molar-refractivity contribution in [3.05, 3.63) is 22.1 Å². The lowest BCUT2D eigenvalue weighted by atomic mass is 10.4. The van der Waals surface area contributed by atoms with Gasteiger partial charge in [-0.15, -0.1) is 0 Å². The van der Waals surface area contributed by atoms with E-state index in [4.69, 9.17) is 0 Å². The Morgan fingerprint density at radius 3 is 2.81 bits per heavy atom. The van der Waals surface area contributed by atoms with E-state index in [2.05, 4.69) is 24.1 Å². The molecular weight excluding hydrogens is 208 g/mol. The summed E-state index contributed by atoms with van der Waals surface area (Å²) >= 11 is 0. The van der Waals surface area contributed by atoms with Crippen molar-refractivity contribution in [2.24, 2.45) is 0 Å². The topological polar surface area (TPSA) is 61.6 Å². The van der Waals surface area contributed by atoms with Gasteiger partial charge in [-0.25, -0.2) is 0 Å². The Balaban J connectivity index is 2.44. The highest BCUT2D eigenvalue weighted by Gasteiger charge is 2.19. The van der Waals surface area contributed by atoms with Crippen molar-refractivity contribution in [2.75, 3.05) is 39.3 Å². The molecule has 0 bridgehead atoms. The SMILES string of the molecule is CCN(CC)CCN1CCNC1=C[N+](=O)[O-]. The molecule has 0 aromatic carbocycles. The summed E-state index contributed by atoms with van der Waals surface area (Å²) in [6.07, 6.45) is 1.05. The van der Waals surface area contributed by atoms with Crippen molar-refractivity contribution in [1.82, 2.24) is 15.1 Å². The van der Waals surface area contributed by atoms with Crippen LogP contribution in [0.4, 0.5) is 0 Å². The molecule has 1 rings (SSSR count). The first-order chi connectivity index (χ1) is 7.67. The van der Waals surface area contributed by atoms with Crippen LogP contribution in [0.3, 0.4) is 0 Å². The molecule has 0 saturated carbocycles. The van der Waals surface area contributed by atoms with Gasteiger partial charge in [-0.05, 0) is 13.1 Å². The molecule has 6 heteroatoms. The molecule has 6 nitrogen and oxygen atoms in total. The third-order valence-corrected chi connectivity index (χ3v) is 2.84. The van der Waals surface area contributed by atoms with Crippen LogP contribution in [0.1, 0.15) is 13.8 Å². The zero-order valence-corrected chi connectivity index (χ0v) is 9.98. The summed E-state index contributed by atoms with van der Waals surface area (Å²) in [4.78, 5) is 14.3. The summed E-state index contributed by atoms with van der Waals surface area (Å²) < 4.78 is 0. The molecule has 1 N–H and O–H groups in total. The highest BCUT2D eigenvalue weighted by atomic mass is 16.6. The number of rotatable bonds is 6. The lowest BCUT2D eigenvalue weighted by Crippen LogP contribution is -2.33. The molecule has 1 aliphatic rings. The van der Waals surface area contributed by atoms with Crippen molar-refractivity contribution in [1.29, 1.82) is 0 Å². The van der Waals surface area contributed by atoms with Gasteiger partial charge in [-0.1, -0.05) is 13.8 Å². The van der Waals surface area contributed by atoms with Crippen LogP contribution < -0.4 is 5.32 Å². The zero-order chi connectivity index (χ0) is 12.0. The van der Waals surface area contributed by atoms with Gasteiger partial charge >= 0.3 is 0 Å². The van der Waals surface area contributed by atoms with Crippen molar-refractivity contribution < 1.29 is 4.92 Å². The highest BCUT2D eigenvalue weighted by Crippen LogP contribution is 2.06. The van der Waals surface area contributed by atoms with Crippen molar-refractivity contribution >= 4 is 0 Å². The zero-order valence-electron chi connectivity index (χ0n) is 9.98. The standard InChI is InChI=1S/C10H20N4O2/c1-3-12(4-2)7-8-13-6-5-11-10(13)9-14(15)16/h9,11H,3-8H2,1-2H3. The van der Waals surface area contributed by atoms with Gasteiger partial charge in [0.05, 0.1) is 4.92 Å². The average Bonchev–Trinajstić information content (AvgIpc) is 2.66. The second kappa shape index (κ2) is 6.32. The van der Waals surface area contributed by atoms with Crippen LogP contribution in [0, 0.1) is 10.1 Å². The van der Waals surface area contributed by atoms with E-state index in [0.29, 0.717) is 5.82 Å². The average molecular weight is 228 g/mol. The monoisotopic (exact) mass is 228 g/mol. The number of hydrogen-bond acceptors (Lipinski definition) is 5. The Labute approximate surface area is 96.1 Å². The molecule has 1 aliphatic heterocycles. The quantitative estimate of drug-likeness (QED) is 0.523. The van der Waals surface area contributed by atoms with Crippen molar-refractivity contribution in [2.45, 2.75) is 13.8 Å². The van der Waals surface area contributed by atoms with Crippen LogP contribution in [0.25, 0.3) is 0 Å². The van der Waals surface area contributed by atoms with Gasteiger partial charge in [0.1, 0.15) is 0 Å². The first-order valence-corrected chi connectivity index (χ1v) is 5.73. The van der Waals surface area contributed by atoms with Crippen LogP contribution in [0.2, 0.25) is 0 Å². The fraction of sp³-hybridized carbons (Fsp3) is 0.800. The maximum absolute atomic E-state index is 10.4. The molecule has 0 atom stereocenters. The first-order valence-electron chi connectivity index (χ1n) is 5.73. The molecule has 92 valence electrons. The molecule has 0 radical (unpaired) electrons. The second-order valence-electron chi connectivity index (χ2n) is 3.74.